The number of hydrogen-bond donors (Lipinski definition) is 0. The first kappa shape index (κ1) is 17.3. The Balaban J connectivity index is 4.74. The minimum absolute atomic E-state index is 0.760. The minimum Gasteiger partial charge on any atom is -0.520 e. The summed E-state index contributed by atoms with van der Waals surface area (Å²) >= 11 is 1.89. The van der Waals surface area contributed by atoms with E-state index in [-0.39, 0.29) is 0 Å². The number of rotatable bonds is 6. The maximum Gasteiger partial charge on any atom is 0.257 e. The normalized spacial score (nSPS) is 13.2. The molecule has 0 aromatic rings. The summed E-state index contributed by atoms with van der Waals surface area (Å²) in [5, 5.41) is 2.10. The van der Waals surface area contributed by atoms with Crippen LogP contribution in [0.15, 0.2) is 11.4 Å². The second kappa shape index (κ2) is 5.99. The fourth-order valence-corrected chi connectivity index (χ4v) is 4.46. The highest BCUT2D eigenvalue weighted by Crippen LogP contribution is 2.26. The first-order chi connectivity index (χ1) is 7.29. The van der Waals surface area contributed by atoms with E-state index in [1.165, 1.54) is 0 Å². The summed E-state index contributed by atoms with van der Waals surface area (Å²) in [6.07, 6.45) is 0. The standard InChI is InChI=1S/C11H28O2SSi3/c1-15(2,3)12-11(13-16(4,5)6)10-14-17(7,8)9/h10H,1-9H3. The van der Waals surface area contributed by atoms with Crippen molar-refractivity contribution in [3.05, 3.63) is 11.4 Å². The minimum atomic E-state index is -1.59. The SMILES string of the molecule is C[Si](C)(C)OC(=CS[Si](C)(C)C)O[Si](C)(C)C. The van der Waals surface area contributed by atoms with Gasteiger partial charge in [-0.2, -0.15) is 11.2 Å². The van der Waals surface area contributed by atoms with Crippen molar-refractivity contribution in [1.29, 1.82) is 0 Å². The third-order valence-corrected chi connectivity index (χ3v) is 6.44. The third kappa shape index (κ3) is 12.6. The Kier molecular flexibility index (Phi) is 6.11. The van der Waals surface area contributed by atoms with Gasteiger partial charge < -0.3 is 8.85 Å². The van der Waals surface area contributed by atoms with Gasteiger partial charge in [0.05, 0.1) is 0 Å². The van der Waals surface area contributed by atoms with Crippen LogP contribution in [0.4, 0.5) is 0 Å². The molecule has 0 fully saturated rings. The lowest BCUT2D eigenvalue weighted by atomic mass is 11.1. The molecule has 0 heterocycles. The van der Waals surface area contributed by atoms with Crippen molar-refractivity contribution in [3.63, 3.8) is 0 Å². The van der Waals surface area contributed by atoms with Gasteiger partial charge >= 0.3 is 0 Å². The van der Waals surface area contributed by atoms with Crippen molar-refractivity contribution in [2.24, 2.45) is 0 Å². The van der Waals surface area contributed by atoms with Crippen LogP contribution in [0.3, 0.4) is 0 Å². The molecule has 0 saturated heterocycles. The van der Waals surface area contributed by atoms with Crippen molar-refractivity contribution in [3.8, 4) is 0 Å². The fraction of sp³-hybridized carbons (Fsp3) is 0.818. The van der Waals surface area contributed by atoms with Crippen molar-refractivity contribution in [1.82, 2.24) is 0 Å². The molecule has 102 valence electrons. The summed E-state index contributed by atoms with van der Waals surface area (Å²) in [6.45, 7) is 20.1. The molecule has 0 aliphatic rings. The van der Waals surface area contributed by atoms with Crippen LogP contribution in [-0.4, -0.2) is 23.9 Å². The van der Waals surface area contributed by atoms with E-state index in [9.17, 15) is 0 Å². The van der Waals surface area contributed by atoms with Gasteiger partial charge in [-0.15, -0.1) is 0 Å². The second-order valence-electron chi connectivity index (χ2n) is 7.10. The van der Waals surface area contributed by atoms with Gasteiger partial charge in [-0.3, -0.25) is 0 Å². The van der Waals surface area contributed by atoms with E-state index in [0.29, 0.717) is 0 Å². The lowest BCUT2D eigenvalue weighted by Crippen LogP contribution is -2.31. The lowest BCUT2D eigenvalue weighted by Gasteiger charge is -2.28. The molecule has 0 saturated carbocycles. The van der Waals surface area contributed by atoms with Crippen LogP contribution in [0.2, 0.25) is 58.9 Å². The average molecular weight is 309 g/mol. The summed E-state index contributed by atoms with van der Waals surface area (Å²) < 4.78 is 12.0. The van der Waals surface area contributed by atoms with Gasteiger partial charge in [0.15, 0.2) is 0 Å². The molecular weight excluding hydrogens is 280 g/mol. The Hall–Kier alpha value is 0.341. The molecule has 2 nitrogen and oxygen atoms in total. The van der Waals surface area contributed by atoms with Gasteiger partial charge in [0, 0.05) is 5.41 Å². The van der Waals surface area contributed by atoms with Gasteiger partial charge in [-0.1, -0.05) is 19.6 Å². The third-order valence-electron chi connectivity index (χ3n) is 1.32. The molecule has 0 aromatic carbocycles. The molecular formula is C11H28O2SSi3. The molecule has 0 spiro atoms. The maximum atomic E-state index is 6.02. The van der Waals surface area contributed by atoms with E-state index >= 15 is 0 Å². The predicted molar refractivity (Wildman–Crippen MR) is 87.9 cm³/mol. The molecule has 0 N–H and O–H groups in total. The van der Waals surface area contributed by atoms with Crippen molar-refractivity contribution in [2.75, 3.05) is 0 Å². The molecule has 0 radical (unpaired) electrons. The van der Waals surface area contributed by atoms with E-state index < -0.39 is 23.9 Å². The first-order valence-electron chi connectivity index (χ1n) is 6.04. The molecule has 0 atom stereocenters. The van der Waals surface area contributed by atoms with Gasteiger partial charge in [-0.05, 0) is 39.3 Å². The first-order valence-corrected chi connectivity index (χ1v) is 18.0. The van der Waals surface area contributed by atoms with E-state index in [4.69, 9.17) is 8.85 Å². The smallest absolute Gasteiger partial charge is 0.257 e. The molecule has 6 heteroatoms. The van der Waals surface area contributed by atoms with E-state index in [2.05, 4.69) is 64.3 Å². The highest BCUT2D eigenvalue weighted by Gasteiger charge is 2.24. The zero-order valence-corrected chi connectivity index (χ0v) is 16.6. The van der Waals surface area contributed by atoms with Crippen LogP contribution < -0.4 is 0 Å². The molecule has 17 heavy (non-hydrogen) atoms. The lowest BCUT2D eigenvalue weighted by molar-refractivity contribution is 0.218. The molecule has 0 aliphatic heterocycles. The van der Waals surface area contributed by atoms with E-state index in [1.807, 2.05) is 11.2 Å². The van der Waals surface area contributed by atoms with Crippen molar-refractivity contribution >= 4 is 35.1 Å². The Morgan fingerprint density at radius 2 is 1.12 bits per heavy atom. The molecule has 0 amide bonds. The van der Waals surface area contributed by atoms with Crippen LogP contribution in [0.1, 0.15) is 0 Å². The highest BCUT2D eigenvalue weighted by atomic mass is 32.4. The molecule has 0 rings (SSSR count). The van der Waals surface area contributed by atoms with Crippen LogP contribution in [0, 0.1) is 0 Å². The molecule has 0 bridgehead atoms. The Morgan fingerprint density at radius 1 is 0.765 bits per heavy atom. The number of hydrogen-bond acceptors (Lipinski definition) is 3. The topological polar surface area (TPSA) is 18.5 Å². The van der Waals surface area contributed by atoms with Gasteiger partial charge in [0.1, 0.15) is 7.22 Å². The summed E-state index contributed by atoms with van der Waals surface area (Å²) in [5.74, 6) is 0.760. The highest BCUT2D eigenvalue weighted by molar-refractivity contribution is 8.30. The van der Waals surface area contributed by atoms with Gasteiger partial charge in [-0.25, -0.2) is 0 Å². The largest absolute Gasteiger partial charge is 0.520 e. The van der Waals surface area contributed by atoms with Gasteiger partial charge in [0.25, 0.3) is 5.95 Å². The Labute approximate surface area is 114 Å². The summed E-state index contributed by atoms with van der Waals surface area (Å²) in [4.78, 5) is 0. The Bertz CT molecular complexity index is 254. The second-order valence-corrected chi connectivity index (χ2v) is 25.0. The molecule has 0 unspecified atom stereocenters. The predicted octanol–water partition coefficient (Wildman–Crippen LogP) is 5.06. The maximum absolute atomic E-state index is 6.02. The summed E-state index contributed by atoms with van der Waals surface area (Å²) in [7, 11) is -4.33. The van der Waals surface area contributed by atoms with Crippen LogP contribution in [0.25, 0.3) is 0 Å². The zero-order chi connectivity index (χ0) is 13.9. The van der Waals surface area contributed by atoms with Crippen molar-refractivity contribution in [2.45, 2.75) is 58.9 Å². The van der Waals surface area contributed by atoms with Crippen LogP contribution >= 0.6 is 11.2 Å². The average Bonchev–Trinajstić information content (AvgIpc) is 1.92. The molecule has 0 aliphatic carbocycles. The quantitative estimate of drug-likeness (QED) is 0.505. The van der Waals surface area contributed by atoms with Gasteiger partial charge in [0.2, 0.25) is 16.6 Å². The van der Waals surface area contributed by atoms with Crippen LogP contribution in [0.5, 0.6) is 0 Å². The van der Waals surface area contributed by atoms with E-state index in [0.717, 1.165) is 5.95 Å². The fourth-order valence-electron chi connectivity index (χ4n) is 0.897. The Morgan fingerprint density at radius 3 is 1.35 bits per heavy atom. The van der Waals surface area contributed by atoms with E-state index in [1.54, 1.807) is 0 Å². The summed E-state index contributed by atoms with van der Waals surface area (Å²) in [5.41, 5.74) is 0. The summed E-state index contributed by atoms with van der Waals surface area (Å²) in [6, 6.07) is 0. The van der Waals surface area contributed by atoms with Crippen molar-refractivity contribution < 1.29 is 8.85 Å². The monoisotopic (exact) mass is 308 g/mol. The van der Waals surface area contributed by atoms with Crippen LogP contribution in [-0.2, 0) is 8.85 Å². The molecule has 0 aromatic heterocycles. The zero-order valence-electron chi connectivity index (χ0n) is 12.8.